The van der Waals surface area contributed by atoms with Gasteiger partial charge < -0.3 is 28.1 Å². The normalized spacial score (nSPS) is 20.3. The standard InChI is InChI=1S/C49H54N7O6P/c1-34(2)56(35(3)4)63(60-29-27-50-5)61-31-48-26-28-59-44(47(62-48)55-33-53-43-41(51-32-52-46(43)55)30-42(57)36-16-10-7-11-17-36)45(48)54-49(37-18-12-8-13-19-37,38-20-14-9-15-21-38)39-22-24-40(58-6)25-23-39/h7-25,32-35,44-45,47,54H,26-31H2,1-4,6H3/t44-,45+,47-,48-,63?/m1/s1. The Kier molecular flexibility index (Phi) is 13.7. The molecule has 1 N–H and O–H groups in total. The van der Waals surface area contributed by atoms with E-state index in [-0.39, 0.29) is 44.0 Å². The zero-order chi connectivity index (χ0) is 44.0. The van der Waals surface area contributed by atoms with Gasteiger partial charge in [-0.3, -0.25) is 14.7 Å². The molecule has 326 valence electrons. The molecule has 2 bridgehead atoms. The number of methoxy groups -OCH3 is 1. The molecule has 0 spiro atoms. The number of imidazole rings is 1. The van der Waals surface area contributed by atoms with Gasteiger partial charge in [0.05, 0.1) is 50.3 Å². The van der Waals surface area contributed by atoms with E-state index in [2.05, 4.69) is 108 Å². The number of hydrogen-bond donors (Lipinski definition) is 1. The minimum atomic E-state index is -1.61. The maximum Gasteiger partial charge on any atom is 0.259 e. The average Bonchev–Trinajstić information content (AvgIpc) is 3.80. The van der Waals surface area contributed by atoms with Crippen LogP contribution in [0.2, 0.25) is 0 Å². The van der Waals surface area contributed by atoms with E-state index in [1.54, 1.807) is 25.6 Å². The summed E-state index contributed by atoms with van der Waals surface area (Å²) in [6.07, 6.45) is 2.45. The molecule has 4 aromatic carbocycles. The first kappa shape index (κ1) is 44.2. The second kappa shape index (κ2) is 19.5. The Morgan fingerprint density at radius 2 is 1.54 bits per heavy atom. The first-order valence-electron chi connectivity index (χ1n) is 21.4. The molecule has 6 aromatic rings. The van der Waals surface area contributed by atoms with Gasteiger partial charge in [-0.2, -0.15) is 0 Å². The molecule has 0 saturated carbocycles. The van der Waals surface area contributed by atoms with Gasteiger partial charge in [-0.25, -0.2) is 26.2 Å². The third-order valence-electron chi connectivity index (χ3n) is 11.9. The second-order valence-corrected chi connectivity index (χ2v) is 17.8. The molecule has 8 rings (SSSR count). The van der Waals surface area contributed by atoms with Crippen molar-refractivity contribution in [2.45, 2.75) is 82.1 Å². The van der Waals surface area contributed by atoms with Crippen LogP contribution < -0.4 is 10.1 Å². The molecule has 13 nitrogen and oxygen atoms in total. The molecule has 2 fully saturated rings. The summed E-state index contributed by atoms with van der Waals surface area (Å²) < 4.78 is 37.6. The van der Waals surface area contributed by atoms with Crippen LogP contribution in [0.3, 0.4) is 0 Å². The van der Waals surface area contributed by atoms with E-state index in [9.17, 15) is 4.79 Å². The predicted octanol–water partition coefficient (Wildman–Crippen LogP) is 8.57. The summed E-state index contributed by atoms with van der Waals surface area (Å²) in [5.74, 6) is 0.679. The molecule has 63 heavy (non-hydrogen) atoms. The van der Waals surface area contributed by atoms with Crippen molar-refractivity contribution in [2.24, 2.45) is 0 Å². The Labute approximate surface area is 370 Å². The molecular formula is C49H54N7O6P. The molecule has 14 heteroatoms. The van der Waals surface area contributed by atoms with Gasteiger partial charge in [0.15, 0.2) is 17.7 Å². The number of ether oxygens (including phenoxy) is 3. The monoisotopic (exact) mass is 867 g/mol. The van der Waals surface area contributed by atoms with E-state index in [1.165, 1.54) is 6.33 Å². The Morgan fingerprint density at radius 1 is 0.905 bits per heavy atom. The van der Waals surface area contributed by atoms with Gasteiger partial charge in [-0.15, -0.1) is 0 Å². The van der Waals surface area contributed by atoms with E-state index in [0.29, 0.717) is 35.4 Å². The van der Waals surface area contributed by atoms with Gasteiger partial charge >= 0.3 is 0 Å². The Bertz CT molecular complexity index is 2440. The van der Waals surface area contributed by atoms with Crippen LogP contribution in [0.1, 0.15) is 73.1 Å². The first-order valence-corrected chi connectivity index (χ1v) is 22.6. The van der Waals surface area contributed by atoms with Crippen molar-refractivity contribution in [3.8, 4) is 5.75 Å². The highest BCUT2D eigenvalue weighted by atomic mass is 31.2. The third kappa shape index (κ3) is 8.90. The predicted molar refractivity (Wildman–Crippen MR) is 242 cm³/mol. The maximum absolute atomic E-state index is 13.4. The number of hydrogen-bond acceptors (Lipinski definition) is 11. The molecule has 0 amide bonds. The highest BCUT2D eigenvalue weighted by molar-refractivity contribution is 7.44. The van der Waals surface area contributed by atoms with E-state index >= 15 is 0 Å². The molecule has 2 aliphatic heterocycles. The van der Waals surface area contributed by atoms with Gasteiger partial charge in [0, 0.05) is 24.1 Å². The van der Waals surface area contributed by atoms with E-state index in [4.69, 9.17) is 39.8 Å². The lowest BCUT2D eigenvalue weighted by Crippen LogP contribution is -2.64. The third-order valence-corrected chi connectivity index (χ3v) is 13.9. The Balaban J connectivity index is 1.26. The lowest BCUT2D eigenvalue weighted by Gasteiger charge is -2.47. The van der Waals surface area contributed by atoms with Crippen LogP contribution in [0.4, 0.5) is 0 Å². The number of fused-ring (bicyclic) bond motifs is 3. The molecule has 2 aliphatic rings. The number of nitrogens with zero attached hydrogens (tertiary/aromatic N) is 6. The summed E-state index contributed by atoms with van der Waals surface area (Å²) in [6, 6.07) is 37.9. The van der Waals surface area contributed by atoms with Crippen LogP contribution in [-0.4, -0.2) is 93.3 Å². The zero-order valence-corrected chi connectivity index (χ0v) is 37.2. The van der Waals surface area contributed by atoms with Gasteiger partial charge in [0.2, 0.25) is 6.54 Å². The van der Waals surface area contributed by atoms with E-state index in [1.807, 2.05) is 47.0 Å². The fourth-order valence-electron chi connectivity index (χ4n) is 9.00. The zero-order valence-electron chi connectivity index (χ0n) is 36.3. The number of ketones is 1. The summed E-state index contributed by atoms with van der Waals surface area (Å²) in [6.45, 7) is 17.0. The molecule has 2 aromatic heterocycles. The topological polar surface area (TPSA) is 126 Å². The molecule has 0 radical (unpaired) electrons. The van der Waals surface area contributed by atoms with Crippen LogP contribution in [0, 0.1) is 6.57 Å². The number of carbonyl (C=O) groups excluding carboxylic acids is 1. The first-order chi connectivity index (χ1) is 30.7. The van der Waals surface area contributed by atoms with Gasteiger partial charge in [-0.05, 0) is 56.5 Å². The van der Waals surface area contributed by atoms with Gasteiger partial charge in [0.1, 0.15) is 35.9 Å². The highest BCUT2D eigenvalue weighted by Crippen LogP contribution is 2.52. The second-order valence-electron chi connectivity index (χ2n) is 16.4. The number of benzene rings is 4. The Hall–Kier alpha value is -5.42. The Morgan fingerprint density at radius 3 is 2.16 bits per heavy atom. The summed E-state index contributed by atoms with van der Waals surface area (Å²) >= 11 is 0. The summed E-state index contributed by atoms with van der Waals surface area (Å²) in [7, 11) is 0.0568. The minimum absolute atomic E-state index is 0.0608. The molecule has 4 heterocycles. The fourth-order valence-corrected chi connectivity index (χ4v) is 10.7. The van der Waals surface area contributed by atoms with E-state index in [0.717, 1.165) is 22.4 Å². The molecular weight excluding hydrogens is 814 g/mol. The lowest BCUT2D eigenvalue weighted by atomic mass is 9.74. The van der Waals surface area contributed by atoms with Crippen molar-refractivity contribution in [3.63, 3.8) is 0 Å². The summed E-state index contributed by atoms with van der Waals surface area (Å²) in [5, 5.41) is 4.24. The maximum atomic E-state index is 13.4. The summed E-state index contributed by atoms with van der Waals surface area (Å²) in [4.78, 5) is 31.1. The largest absolute Gasteiger partial charge is 0.497 e. The SMILES string of the molecule is [C-]#[N+]CCOP(OC[C@@]12CCO[C@@H]([C@H](n3cnc4c(CC(=O)c5ccccc5)ncnc43)O1)[C@@H]2NC(c1ccccc1)(c1ccccc1)c1ccc(OC)cc1)N(C(C)C)C(C)C. The smallest absolute Gasteiger partial charge is 0.259 e. The quantitative estimate of drug-likeness (QED) is 0.0277. The van der Waals surface area contributed by atoms with Crippen LogP contribution in [0.5, 0.6) is 5.75 Å². The van der Waals surface area contributed by atoms with Crippen molar-refractivity contribution in [1.29, 1.82) is 0 Å². The fraction of sp³-hybridized carbons (Fsp3) is 0.367. The van der Waals surface area contributed by atoms with Crippen molar-refractivity contribution < 1.29 is 28.1 Å². The number of rotatable bonds is 19. The summed E-state index contributed by atoms with van der Waals surface area (Å²) in [5.41, 5.74) is 3.29. The highest BCUT2D eigenvalue weighted by Gasteiger charge is 2.62. The van der Waals surface area contributed by atoms with Crippen molar-refractivity contribution in [1.82, 2.24) is 29.5 Å². The average molecular weight is 868 g/mol. The molecule has 2 saturated heterocycles. The number of Topliss-reactive ketones (excluding diaryl/α,β-unsaturated/α-hetero) is 1. The van der Waals surface area contributed by atoms with Gasteiger partial charge in [0.25, 0.3) is 8.53 Å². The molecule has 1 unspecified atom stereocenters. The van der Waals surface area contributed by atoms with Gasteiger partial charge in [-0.1, -0.05) is 103 Å². The van der Waals surface area contributed by atoms with Crippen LogP contribution in [-0.2, 0) is 30.5 Å². The van der Waals surface area contributed by atoms with Crippen LogP contribution in [0.25, 0.3) is 16.0 Å². The minimum Gasteiger partial charge on any atom is -0.497 e. The number of nitrogens with one attached hydrogen (secondary N) is 1. The van der Waals surface area contributed by atoms with Crippen molar-refractivity contribution in [2.75, 3.05) is 33.5 Å². The lowest BCUT2D eigenvalue weighted by molar-refractivity contribution is -0.104. The van der Waals surface area contributed by atoms with E-state index < -0.39 is 38.0 Å². The molecule has 0 aliphatic carbocycles. The number of aromatic nitrogens is 4. The van der Waals surface area contributed by atoms with Crippen molar-refractivity contribution >= 4 is 25.5 Å². The molecule has 5 atom stereocenters. The number of carbonyl (C=O) groups is 1. The van der Waals surface area contributed by atoms with Crippen LogP contribution >= 0.6 is 8.53 Å². The van der Waals surface area contributed by atoms with Crippen molar-refractivity contribution in [3.05, 3.63) is 167 Å². The van der Waals surface area contributed by atoms with Crippen LogP contribution in [0.15, 0.2) is 128 Å².